The highest BCUT2D eigenvalue weighted by Crippen LogP contribution is 2.40. The van der Waals surface area contributed by atoms with Crippen molar-refractivity contribution in [2.24, 2.45) is 11.8 Å². The summed E-state index contributed by atoms with van der Waals surface area (Å²) in [4.78, 5) is 6.93. The van der Waals surface area contributed by atoms with E-state index in [1.165, 1.54) is 43.6 Å². The topological polar surface area (TPSA) is 28.2 Å². The Morgan fingerprint density at radius 2 is 1.95 bits per heavy atom. The molecule has 2 atom stereocenters. The summed E-state index contributed by atoms with van der Waals surface area (Å²) in [5, 5.41) is 3.60. The molecule has 2 aliphatic rings. The summed E-state index contributed by atoms with van der Waals surface area (Å²) in [7, 11) is 0. The Labute approximate surface area is 122 Å². The lowest BCUT2D eigenvalue weighted by Crippen LogP contribution is -2.35. The van der Waals surface area contributed by atoms with Crippen molar-refractivity contribution in [1.29, 1.82) is 0 Å². The molecule has 0 radical (unpaired) electrons. The highest BCUT2D eigenvalue weighted by atomic mass is 15.2. The lowest BCUT2D eigenvalue weighted by Gasteiger charge is -2.25. The number of fused-ring (bicyclic) bond motifs is 1. The van der Waals surface area contributed by atoms with Gasteiger partial charge in [0.05, 0.1) is 11.9 Å². The molecular weight excluding hydrogens is 246 g/mol. The minimum Gasteiger partial charge on any atom is -0.369 e. The van der Waals surface area contributed by atoms with Crippen LogP contribution in [-0.2, 0) is 6.54 Å². The zero-order chi connectivity index (χ0) is 14.2. The summed E-state index contributed by atoms with van der Waals surface area (Å²) in [6.45, 7) is 10.0. The van der Waals surface area contributed by atoms with Gasteiger partial charge >= 0.3 is 0 Å². The van der Waals surface area contributed by atoms with Crippen LogP contribution in [0.4, 0.5) is 5.69 Å². The van der Waals surface area contributed by atoms with Crippen LogP contribution >= 0.6 is 0 Å². The first-order valence-electron chi connectivity index (χ1n) is 7.96. The maximum atomic E-state index is 4.36. The Morgan fingerprint density at radius 3 is 2.60 bits per heavy atom. The van der Waals surface area contributed by atoms with Gasteiger partial charge in [0, 0.05) is 31.4 Å². The van der Waals surface area contributed by atoms with Crippen LogP contribution in [0.25, 0.3) is 0 Å². The van der Waals surface area contributed by atoms with Crippen molar-refractivity contribution in [3.63, 3.8) is 0 Å². The fourth-order valence-corrected chi connectivity index (χ4v) is 3.64. The monoisotopic (exact) mass is 273 g/mol. The van der Waals surface area contributed by atoms with Crippen LogP contribution in [0.1, 0.15) is 45.6 Å². The van der Waals surface area contributed by atoms with Crippen molar-refractivity contribution in [2.75, 3.05) is 18.0 Å². The number of nitrogens with zero attached hydrogens (tertiary/aromatic N) is 2. The molecule has 1 aromatic heterocycles. The van der Waals surface area contributed by atoms with Gasteiger partial charge in [-0.05, 0) is 57.1 Å². The number of nitrogens with one attached hydrogen (secondary N) is 1. The van der Waals surface area contributed by atoms with E-state index in [0.29, 0.717) is 0 Å². The molecule has 2 heterocycles. The van der Waals surface area contributed by atoms with E-state index in [4.69, 9.17) is 0 Å². The van der Waals surface area contributed by atoms with Crippen molar-refractivity contribution in [2.45, 2.75) is 52.1 Å². The Kier molecular flexibility index (Phi) is 3.72. The van der Waals surface area contributed by atoms with Crippen LogP contribution in [0.2, 0.25) is 0 Å². The van der Waals surface area contributed by atoms with Crippen LogP contribution in [0, 0.1) is 11.8 Å². The van der Waals surface area contributed by atoms with Crippen LogP contribution in [0.15, 0.2) is 18.5 Å². The van der Waals surface area contributed by atoms with Crippen LogP contribution in [0.5, 0.6) is 0 Å². The van der Waals surface area contributed by atoms with E-state index < -0.39 is 0 Å². The van der Waals surface area contributed by atoms with Crippen molar-refractivity contribution in [3.05, 3.63) is 24.0 Å². The molecule has 0 aromatic carbocycles. The van der Waals surface area contributed by atoms with Gasteiger partial charge in [0.2, 0.25) is 0 Å². The number of aromatic nitrogens is 1. The average Bonchev–Trinajstić information content (AvgIpc) is 2.96. The van der Waals surface area contributed by atoms with Crippen molar-refractivity contribution >= 4 is 5.69 Å². The van der Waals surface area contributed by atoms with E-state index >= 15 is 0 Å². The molecule has 1 aliphatic carbocycles. The molecule has 3 heteroatoms. The van der Waals surface area contributed by atoms with Gasteiger partial charge in [-0.1, -0.05) is 6.42 Å². The predicted octanol–water partition coefficient (Wildman–Crippen LogP) is 3.21. The third kappa shape index (κ3) is 2.98. The van der Waals surface area contributed by atoms with E-state index in [0.717, 1.165) is 18.4 Å². The smallest absolute Gasteiger partial charge is 0.0598 e. The zero-order valence-corrected chi connectivity index (χ0v) is 13.0. The summed E-state index contributed by atoms with van der Waals surface area (Å²) in [5.74, 6) is 1.86. The molecular formula is C17H27N3. The molecule has 0 bridgehead atoms. The van der Waals surface area contributed by atoms with Gasteiger partial charge in [-0.25, -0.2) is 0 Å². The molecule has 110 valence electrons. The van der Waals surface area contributed by atoms with E-state index in [9.17, 15) is 0 Å². The van der Waals surface area contributed by atoms with Gasteiger partial charge < -0.3 is 10.2 Å². The second kappa shape index (κ2) is 5.36. The number of hydrogen-bond donors (Lipinski definition) is 1. The summed E-state index contributed by atoms with van der Waals surface area (Å²) < 4.78 is 0. The largest absolute Gasteiger partial charge is 0.369 e. The van der Waals surface area contributed by atoms with Gasteiger partial charge in [-0.15, -0.1) is 0 Å². The van der Waals surface area contributed by atoms with Gasteiger partial charge in [0.1, 0.15) is 0 Å². The first-order valence-corrected chi connectivity index (χ1v) is 7.96. The maximum Gasteiger partial charge on any atom is 0.0598 e. The molecule has 1 saturated heterocycles. The summed E-state index contributed by atoms with van der Waals surface area (Å²) in [6.07, 6.45) is 8.27. The van der Waals surface area contributed by atoms with E-state index in [1.807, 2.05) is 6.20 Å². The Hall–Kier alpha value is -1.09. The molecule has 2 unspecified atom stereocenters. The third-order valence-electron chi connectivity index (χ3n) is 4.76. The lowest BCUT2D eigenvalue weighted by molar-refractivity contribution is 0.424. The van der Waals surface area contributed by atoms with Crippen molar-refractivity contribution in [3.8, 4) is 0 Å². The number of anilines is 1. The second-order valence-electron chi connectivity index (χ2n) is 7.46. The Morgan fingerprint density at radius 1 is 1.25 bits per heavy atom. The molecule has 0 spiro atoms. The lowest BCUT2D eigenvalue weighted by atomic mass is 10.0. The molecule has 1 saturated carbocycles. The Bertz CT molecular complexity index is 452. The fourth-order valence-electron chi connectivity index (χ4n) is 3.64. The molecule has 0 amide bonds. The van der Waals surface area contributed by atoms with Crippen molar-refractivity contribution < 1.29 is 0 Å². The number of pyridine rings is 1. The molecule has 3 nitrogen and oxygen atoms in total. The Balaban J connectivity index is 1.73. The zero-order valence-electron chi connectivity index (χ0n) is 13.0. The molecule has 3 rings (SSSR count). The molecule has 1 aromatic rings. The highest BCUT2D eigenvalue weighted by molar-refractivity contribution is 5.52. The highest BCUT2D eigenvalue weighted by Gasteiger charge is 2.36. The normalized spacial score (nSPS) is 26.1. The molecule has 1 aliphatic heterocycles. The van der Waals surface area contributed by atoms with Gasteiger partial charge in [0.25, 0.3) is 0 Å². The van der Waals surface area contributed by atoms with Crippen LogP contribution < -0.4 is 10.2 Å². The van der Waals surface area contributed by atoms with Crippen molar-refractivity contribution in [1.82, 2.24) is 10.3 Å². The average molecular weight is 273 g/mol. The second-order valence-corrected chi connectivity index (χ2v) is 7.46. The van der Waals surface area contributed by atoms with Crippen LogP contribution in [-0.4, -0.2) is 23.6 Å². The minimum absolute atomic E-state index is 0.155. The van der Waals surface area contributed by atoms with Gasteiger partial charge in [-0.2, -0.15) is 0 Å². The first kappa shape index (κ1) is 13.9. The number of hydrogen-bond acceptors (Lipinski definition) is 3. The SMILES string of the molecule is CC(C)(C)NCc1ccncc1N1CC2CCCC2C1. The molecule has 20 heavy (non-hydrogen) atoms. The summed E-state index contributed by atoms with van der Waals surface area (Å²) in [6, 6.07) is 2.17. The first-order chi connectivity index (χ1) is 9.53. The minimum atomic E-state index is 0.155. The standard InChI is InChI=1S/C17H27N3/c1-17(2,3)19-9-13-7-8-18-10-16(13)20-11-14-5-4-6-15(14)12-20/h7-8,10,14-15,19H,4-6,9,11-12H2,1-3H3. The van der Waals surface area contributed by atoms with E-state index in [2.05, 4.69) is 48.2 Å². The van der Waals surface area contributed by atoms with Crippen LogP contribution in [0.3, 0.4) is 0 Å². The van der Waals surface area contributed by atoms with E-state index in [1.54, 1.807) is 0 Å². The molecule has 2 fully saturated rings. The summed E-state index contributed by atoms with van der Waals surface area (Å²) in [5.41, 5.74) is 2.88. The van der Waals surface area contributed by atoms with E-state index in [-0.39, 0.29) is 5.54 Å². The molecule has 1 N–H and O–H groups in total. The quantitative estimate of drug-likeness (QED) is 0.916. The fraction of sp³-hybridized carbons (Fsp3) is 0.706. The predicted molar refractivity (Wildman–Crippen MR) is 83.9 cm³/mol. The van der Waals surface area contributed by atoms with Gasteiger partial charge in [0.15, 0.2) is 0 Å². The van der Waals surface area contributed by atoms with Gasteiger partial charge in [-0.3, -0.25) is 4.98 Å². The maximum absolute atomic E-state index is 4.36. The number of rotatable bonds is 3. The third-order valence-corrected chi connectivity index (χ3v) is 4.76. The summed E-state index contributed by atoms with van der Waals surface area (Å²) >= 11 is 0.